The van der Waals surface area contributed by atoms with Gasteiger partial charge in [0.05, 0.1) is 12.1 Å². The molecule has 1 rings (SSSR count). The number of nitrogens with one attached hydrogen (secondary N) is 1. The molecule has 0 bridgehead atoms. The van der Waals surface area contributed by atoms with Crippen molar-refractivity contribution in [3.8, 4) is 5.75 Å². The topological polar surface area (TPSA) is 64.4 Å². The van der Waals surface area contributed by atoms with E-state index in [2.05, 4.69) is 5.32 Å². The minimum atomic E-state index is -0.969. The van der Waals surface area contributed by atoms with Crippen molar-refractivity contribution < 1.29 is 18.3 Å². The van der Waals surface area contributed by atoms with E-state index in [9.17, 15) is 13.6 Å². The molecule has 4 nitrogen and oxygen atoms in total. The van der Waals surface area contributed by atoms with Crippen molar-refractivity contribution in [3.63, 3.8) is 0 Å². The summed E-state index contributed by atoms with van der Waals surface area (Å²) in [4.78, 5) is 11.8. The number of hydrogen-bond acceptors (Lipinski definition) is 3. The second kappa shape index (κ2) is 8.79. The molecule has 1 aromatic rings. The quantitative estimate of drug-likeness (QED) is 0.758. The predicted octanol–water partition coefficient (Wildman–Crippen LogP) is 2.40. The second-order valence-electron chi connectivity index (χ2n) is 4.85. The molecule has 120 valence electrons. The summed E-state index contributed by atoms with van der Waals surface area (Å²) in [7, 11) is 0. The molecule has 7 heteroatoms. The maximum atomic E-state index is 12.9. The van der Waals surface area contributed by atoms with Gasteiger partial charge in [0.15, 0.2) is 11.6 Å². The zero-order valence-electron chi connectivity index (χ0n) is 12.1. The Bertz CT molecular complexity index is 470. The third-order valence-electron chi connectivity index (χ3n) is 2.84. The summed E-state index contributed by atoms with van der Waals surface area (Å²) in [5.41, 5.74) is 4.95. The Kier molecular flexibility index (Phi) is 8.21. The van der Waals surface area contributed by atoms with Crippen LogP contribution in [0.2, 0.25) is 0 Å². The molecule has 1 unspecified atom stereocenters. The lowest BCUT2D eigenvalue weighted by Crippen LogP contribution is -2.52. The van der Waals surface area contributed by atoms with E-state index in [1.807, 2.05) is 6.92 Å². The van der Waals surface area contributed by atoms with Crippen LogP contribution in [0.1, 0.15) is 26.7 Å². The Balaban J connectivity index is 0.00000400. The molecule has 1 aromatic carbocycles. The minimum Gasteiger partial charge on any atom is -0.492 e. The average molecular weight is 323 g/mol. The second-order valence-corrected chi connectivity index (χ2v) is 4.85. The maximum absolute atomic E-state index is 12.9. The number of carbonyl (C=O) groups is 1. The lowest BCUT2D eigenvalue weighted by molar-refractivity contribution is -0.126. The van der Waals surface area contributed by atoms with Crippen molar-refractivity contribution in [1.29, 1.82) is 0 Å². The summed E-state index contributed by atoms with van der Waals surface area (Å²) in [6.07, 6.45) is 1.40. The summed E-state index contributed by atoms with van der Waals surface area (Å²) in [6.45, 7) is 4.01. The highest BCUT2D eigenvalue weighted by Gasteiger charge is 2.26. The number of amides is 1. The number of ether oxygens (including phenoxy) is 1. The van der Waals surface area contributed by atoms with E-state index in [-0.39, 0.29) is 37.2 Å². The Morgan fingerprint density at radius 1 is 1.38 bits per heavy atom. The Hall–Kier alpha value is -1.40. The molecule has 0 aromatic heterocycles. The van der Waals surface area contributed by atoms with Gasteiger partial charge in [0.25, 0.3) is 0 Å². The zero-order valence-corrected chi connectivity index (χ0v) is 12.9. The number of carbonyl (C=O) groups excluding carboxylic acids is 1. The van der Waals surface area contributed by atoms with E-state index in [4.69, 9.17) is 10.5 Å². The first kappa shape index (κ1) is 19.6. The van der Waals surface area contributed by atoms with Crippen molar-refractivity contribution in [2.45, 2.75) is 32.2 Å². The molecule has 21 heavy (non-hydrogen) atoms. The van der Waals surface area contributed by atoms with Crippen LogP contribution in [0, 0.1) is 11.6 Å². The highest BCUT2D eigenvalue weighted by Crippen LogP contribution is 2.15. The van der Waals surface area contributed by atoms with Crippen molar-refractivity contribution in [3.05, 3.63) is 29.8 Å². The predicted molar refractivity (Wildman–Crippen MR) is 79.6 cm³/mol. The number of benzene rings is 1. The summed E-state index contributed by atoms with van der Waals surface area (Å²) in [5.74, 6) is -1.94. The average Bonchev–Trinajstić information content (AvgIpc) is 2.38. The van der Waals surface area contributed by atoms with Crippen LogP contribution in [0.3, 0.4) is 0 Å². The van der Waals surface area contributed by atoms with Crippen LogP contribution in [0.15, 0.2) is 18.2 Å². The van der Waals surface area contributed by atoms with Crippen LogP contribution in [-0.2, 0) is 4.79 Å². The smallest absolute Gasteiger partial charge is 0.239 e. The van der Waals surface area contributed by atoms with Crippen molar-refractivity contribution in [2.75, 3.05) is 13.2 Å². The van der Waals surface area contributed by atoms with Gasteiger partial charge >= 0.3 is 0 Å². The fourth-order valence-electron chi connectivity index (χ4n) is 1.73. The largest absolute Gasteiger partial charge is 0.492 e. The molecule has 0 radical (unpaired) electrons. The highest BCUT2D eigenvalue weighted by molar-refractivity contribution is 5.85. The lowest BCUT2D eigenvalue weighted by Gasteiger charge is -2.22. The van der Waals surface area contributed by atoms with Crippen LogP contribution < -0.4 is 15.8 Å². The van der Waals surface area contributed by atoms with Crippen molar-refractivity contribution >= 4 is 18.3 Å². The molecule has 0 aliphatic heterocycles. The van der Waals surface area contributed by atoms with Crippen LogP contribution in [0.25, 0.3) is 0 Å². The fraction of sp³-hybridized carbons (Fsp3) is 0.500. The lowest BCUT2D eigenvalue weighted by atomic mass is 9.97. The van der Waals surface area contributed by atoms with Crippen LogP contribution in [0.5, 0.6) is 5.75 Å². The first-order valence-corrected chi connectivity index (χ1v) is 6.52. The third kappa shape index (κ3) is 6.27. The molecule has 3 N–H and O–H groups in total. The van der Waals surface area contributed by atoms with Crippen molar-refractivity contribution in [2.24, 2.45) is 5.73 Å². The normalized spacial score (nSPS) is 13.0. The molecule has 0 fully saturated rings. The molecule has 1 atom stereocenters. The zero-order chi connectivity index (χ0) is 15.2. The SMILES string of the molecule is CCCC(C)(N)C(=O)NCCOc1ccc(F)c(F)c1.Cl. The van der Waals surface area contributed by atoms with Gasteiger partial charge < -0.3 is 15.8 Å². The van der Waals surface area contributed by atoms with Crippen LogP contribution >= 0.6 is 12.4 Å². The van der Waals surface area contributed by atoms with Gasteiger partial charge in [0.1, 0.15) is 12.4 Å². The van der Waals surface area contributed by atoms with Gasteiger partial charge in [-0.1, -0.05) is 13.3 Å². The van der Waals surface area contributed by atoms with Gasteiger partial charge in [-0.05, 0) is 25.5 Å². The molecule has 1 amide bonds. The standard InChI is InChI=1S/C14H20F2N2O2.ClH/c1-3-6-14(2,17)13(19)18-7-8-20-10-4-5-11(15)12(16)9-10;/h4-5,9H,3,6-8,17H2,1-2H3,(H,18,19);1H. The van der Waals surface area contributed by atoms with Gasteiger partial charge in [0, 0.05) is 6.07 Å². The molecule has 0 spiro atoms. The Morgan fingerprint density at radius 2 is 2.05 bits per heavy atom. The summed E-state index contributed by atoms with van der Waals surface area (Å²) >= 11 is 0. The molecule has 0 aliphatic carbocycles. The van der Waals surface area contributed by atoms with E-state index in [0.29, 0.717) is 6.42 Å². The molecular formula is C14H21ClF2N2O2. The highest BCUT2D eigenvalue weighted by atomic mass is 35.5. The molecule has 0 aliphatic rings. The van der Waals surface area contributed by atoms with Gasteiger partial charge in [-0.3, -0.25) is 4.79 Å². The summed E-state index contributed by atoms with van der Waals surface area (Å²) < 4.78 is 30.8. The molecule has 0 heterocycles. The molecule has 0 saturated heterocycles. The van der Waals surface area contributed by atoms with Gasteiger partial charge in [-0.25, -0.2) is 8.78 Å². The number of hydrogen-bond donors (Lipinski definition) is 2. The summed E-state index contributed by atoms with van der Waals surface area (Å²) in [5, 5.41) is 2.65. The first-order chi connectivity index (χ1) is 9.36. The van der Waals surface area contributed by atoms with E-state index in [0.717, 1.165) is 18.6 Å². The number of nitrogens with two attached hydrogens (primary N) is 1. The molecular weight excluding hydrogens is 302 g/mol. The Labute approximate surface area is 129 Å². The first-order valence-electron chi connectivity index (χ1n) is 6.52. The maximum Gasteiger partial charge on any atom is 0.239 e. The van der Waals surface area contributed by atoms with Gasteiger partial charge in [-0.2, -0.15) is 0 Å². The van der Waals surface area contributed by atoms with Crippen LogP contribution in [0.4, 0.5) is 8.78 Å². The molecule has 0 saturated carbocycles. The third-order valence-corrected chi connectivity index (χ3v) is 2.84. The van der Waals surface area contributed by atoms with E-state index in [1.165, 1.54) is 6.07 Å². The van der Waals surface area contributed by atoms with Gasteiger partial charge in [-0.15, -0.1) is 12.4 Å². The monoisotopic (exact) mass is 322 g/mol. The van der Waals surface area contributed by atoms with Gasteiger partial charge in [0.2, 0.25) is 5.91 Å². The van der Waals surface area contributed by atoms with Crippen LogP contribution in [-0.4, -0.2) is 24.6 Å². The van der Waals surface area contributed by atoms with E-state index in [1.54, 1.807) is 6.92 Å². The number of rotatable bonds is 7. The van der Waals surface area contributed by atoms with E-state index >= 15 is 0 Å². The van der Waals surface area contributed by atoms with E-state index < -0.39 is 17.2 Å². The van der Waals surface area contributed by atoms with Crippen molar-refractivity contribution in [1.82, 2.24) is 5.32 Å². The fourth-order valence-corrected chi connectivity index (χ4v) is 1.73. The Morgan fingerprint density at radius 3 is 2.62 bits per heavy atom. The number of halogens is 3. The summed E-state index contributed by atoms with van der Waals surface area (Å²) in [6, 6.07) is 3.27. The minimum absolute atomic E-state index is 0.